The molecule has 0 N–H and O–H groups in total. The summed E-state index contributed by atoms with van der Waals surface area (Å²) in [5, 5.41) is 0. The van der Waals surface area contributed by atoms with Crippen molar-refractivity contribution in [2.24, 2.45) is 0 Å². The molecule has 0 atom stereocenters. The monoisotopic (exact) mass is 362 g/mol. The van der Waals surface area contributed by atoms with Crippen molar-refractivity contribution in [2.45, 2.75) is 51.4 Å². The molecule has 0 amide bonds. The van der Waals surface area contributed by atoms with E-state index in [4.69, 9.17) is 0 Å². The molecule has 0 fully saturated rings. The fourth-order valence-corrected chi connectivity index (χ4v) is 3.92. The van der Waals surface area contributed by atoms with Crippen molar-refractivity contribution in [2.75, 3.05) is 11.5 Å². The van der Waals surface area contributed by atoms with Crippen molar-refractivity contribution in [3.8, 4) is 0 Å². The Morgan fingerprint density at radius 1 is 0.560 bits per heavy atom. The molecule has 0 saturated heterocycles. The summed E-state index contributed by atoms with van der Waals surface area (Å²) in [5.41, 5.74) is 1.68. The molecule has 2 rings (SSSR count). The second kappa shape index (κ2) is 12.1. The third-order valence-electron chi connectivity index (χ3n) is 4.39. The first kappa shape index (κ1) is 20.0. The van der Waals surface area contributed by atoms with E-state index in [2.05, 4.69) is 0 Å². The molecule has 0 aliphatic rings. The molecule has 0 unspecified atom stereocenters. The summed E-state index contributed by atoms with van der Waals surface area (Å²) in [6.07, 6.45) is 8.53. The molecular weight excluding hydrogens is 334 g/mol. The molecule has 2 aromatic carbocycles. The average molecular weight is 363 g/mol. The highest BCUT2D eigenvalue weighted by molar-refractivity contribution is 7.99. The molecule has 0 nitrogen and oxygen atoms in total. The summed E-state index contributed by atoms with van der Waals surface area (Å²) >= 11 is 2.00. The lowest BCUT2D eigenvalue weighted by Gasteiger charge is -2.05. The second-order valence-corrected chi connectivity index (χ2v) is 7.64. The topological polar surface area (TPSA) is 0 Å². The molecule has 0 saturated carbocycles. The molecule has 0 aromatic heterocycles. The SMILES string of the molecule is Fc1ccccc1CCCCCSCCCCCc1ccccc1F. The molecule has 2 aromatic rings. The molecule has 0 bridgehead atoms. The van der Waals surface area contributed by atoms with Crippen LogP contribution in [-0.2, 0) is 12.8 Å². The van der Waals surface area contributed by atoms with Gasteiger partial charge in [-0.15, -0.1) is 0 Å². The van der Waals surface area contributed by atoms with Crippen molar-refractivity contribution < 1.29 is 8.78 Å². The van der Waals surface area contributed by atoms with E-state index in [1.165, 1.54) is 36.5 Å². The van der Waals surface area contributed by atoms with Crippen LogP contribution in [0.3, 0.4) is 0 Å². The minimum absolute atomic E-state index is 0.0766. The molecule has 136 valence electrons. The van der Waals surface area contributed by atoms with Gasteiger partial charge >= 0.3 is 0 Å². The van der Waals surface area contributed by atoms with Gasteiger partial charge in [-0.2, -0.15) is 11.8 Å². The summed E-state index contributed by atoms with van der Waals surface area (Å²) < 4.78 is 26.9. The zero-order valence-corrected chi connectivity index (χ0v) is 15.7. The summed E-state index contributed by atoms with van der Waals surface area (Å²) in [6.45, 7) is 0. The second-order valence-electron chi connectivity index (χ2n) is 6.42. The highest BCUT2D eigenvalue weighted by Gasteiger charge is 2.01. The van der Waals surface area contributed by atoms with Crippen LogP contribution in [0.15, 0.2) is 48.5 Å². The van der Waals surface area contributed by atoms with Crippen LogP contribution < -0.4 is 0 Å². The Labute approximate surface area is 155 Å². The van der Waals surface area contributed by atoms with Crippen LogP contribution in [0.5, 0.6) is 0 Å². The minimum Gasteiger partial charge on any atom is -0.207 e. The fourth-order valence-electron chi connectivity index (χ4n) is 2.90. The van der Waals surface area contributed by atoms with E-state index in [-0.39, 0.29) is 11.6 Å². The van der Waals surface area contributed by atoms with E-state index >= 15 is 0 Å². The van der Waals surface area contributed by atoms with Crippen LogP contribution in [0.25, 0.3) is 0 Å². The van der Waals surface area contributed by atoms with Gasteiger partial charge in [0.05, 0.1) is 0 Å². The summed E-state index contributed by atoms with van der Waals surface area (Å²) in [7, 11) is 0. The number of benzene rings is 2. The molecule has 0 spiro atoms. The van der Waals surface area contributed by atoms with Gasteiger partial charge in [0.25, 0.3) is 0 Å². The maximum Gasteiger partial charge on any atom is 0.126 e. The third kappa shape index (κ3) is 8.04. The number of unbranched alkanes of at least 4 members (excludes halogenated alkanes) is 4. The maximum absolute atomic E-state index is 13.5. The first-order chi connectivity index (χ1) is 12.3. The molecule has 0 aliphatic carbocycles. The van der Waals surface area contributed by atoms with Gasteiger partial charge in [0.2, 0.25) is 0 Å². The van der Waals surface area contributed by atoms with Gasteiger partial charge < -0.3 is 0 Å². The van der Waals surface area contributed by atoms with Crippen molar-refractivity contribution in [3.63, 3.8) is 0 Å². The highest BCUT2D eigenvalue weighted by Crippen LogP contribution is 2.15. The van der Waals surface area contributed by atoms with E-state index in [9.17, 15) is 8.78 Å². The van der Waals surface area contributed by atoms with Crippen LogP contribution in [0.1, 0.15) is 49.7 Å². The number of aryl methyl sites for hydroxylation is 2. The third-order valence-corrected chi connectivity index (χ3v) is 5.54. The quantitative estimate of drug-likeness (QED) is 0.373. The van der Waals surface area contributed by atoms with E-state index in [0.29, 0.717) is 0 Å². The molecule has 0 radical (unpaired) electrons. The van der Waals surface area contributed by atoms with Crippen LogP contribution in [-0.4, -0.2) is 11.5 Å². The minimum atomic E-state index is -0.0766. The molecule has 0 heterocycles. The Morgan fingerprint density at radius 3 is 1.44 bits per heavy atom. The number of hydrogen-bond donors (Lipinski definition) is 0. The average Bonchev–Trinajstić information content (AvgIpc) is 2.62. The van der Waals surface area contributed by atoms with Crippen molar-refractivity contribution in [1.82, 2.24) is 0 Å². The normalized spacial score (nSPS) is 11.0. The Hall–Kier alpha value is -1.35. The largest absolute Gasteiger partial charge is 0.207 e. The lowest BCUT2D eigenvalue weighted by Crippen LogP contribution is -1.92. The first-order valence-corrected chi connectivity index (χ1v) is 10.5. The zero-order chi connectivity index (χ0) is 17.7. The van der Waals surface area contributed by atoms with Gasteiger partial charge in [-0.3, -0.25) is 0 Å². The van der Waals surface area contributed by atoms with Gasteiger partial charge in [0.15, 0.2) is 0 Å². The van der Waals surface area contributed by atoms with Gasteiger partial charge in [0, 0.05) is 0 Å². The summed E-state index contributed by atoms with van der Waals surface area (Å²) in [4.78, 5) is 0. The van der Waals surface area contributed by atoms with E-state index in [0.717, 1.165) is 49.7 Å². The number of hydrogen-bond acceptors (Lipinski definition) is 1. The number of rotatable bonds is 12. The van der Waals surface area contributed by atoms with Gasteiger partial charge in [-0.1, -0.05) is 49.2 Å². The Kier molecular flexibility index (Phi) is 9.65. The van der Waals surface area contributed by atoms with Crippen LogP contribution in [0, 0.1) is 11.6 Å². The van der Waals surface area contributed by atoms with Crippen LogP contribution >= 0.6 is 11.8 Å². The predicted octanol–water partition coefficient (Wildman–Crippen LogP) is 6.82. The zero-order valence-electron chi connectivity index (χ0n) is 14.9. The highest BCUT2D eigenvalue weighted by atomic mass is 32.2. The molecule has 0 aliphatic heterocycles. The number of halogens is 2. The number of thioether (sulfide) groups is 1. The lowest BCUT2D eigenvalue weighted by molar-refractivity contribution is 0.599. The van der Waals surface area contributed by atoms with E-state index < -0.39 is 0 Å². The first-order valence-electron chi connectivity index (χ1n) is 9.32. The predicted molar refractivity (Wildman–Crippen MR) is 105 cm³/mol. The fraction of sp³-hybridized carbons (Fsp3) is 0.455. The molecule has 25 heavy (non-hydrogen) atoms. The van der Waals surface area contributed by atoms with E-state index in [1.807, 2.05) is 36.0 Å². The van der Waals surface area contributed by atoms with Crippen LogP contribution in [0.4, 0.5) is 8.78 Å². The summed E-state index contributed by atoms with van der Waals surface area (Å²) in [5.74, 6) is 2.22. The smallest absolute Gasteiger partial charge is 0.126 e. The van der Waals surface area contributed by atoms with Crippen molar-refractivity contribution in [1.29, 1.82) is 0 Å². The standard InChI is InChI=1S/C22H28F2S/c23-21-15-7-5-13-19(21)11-3-1-9-17-25-18-10-2-4-12-20-14-6-8-16-22(20)24/h5-8,13-16H,1-4,9-12,17-18H2. The van der Waals surface area contributed by atoms with Crippen molar-refractivity contribution in [3.05, 3.63) is 71.3 Å². The Morgan fingerprint density at radius 2 is 1.00 bits per heavy atom. The Bertz CT molecular complexity index is 559. The van der Waals surface area contributed by atoms with E-state index in [1.54, 1.807) is 12.1 Å². The van der Waals surface area contributed by atoms with Gasteiger partial charge in [-0.25, -0.2) is 8.78 Å². The lowest BCUT2D eigenvalue weighted by atomic mass is 10.1. The molecule has 3 heteroatoms. The van der Waals surface area contributed by atoms with Gasteiger partial charge in [0.1, 0.15) is 11.6 Å². The van der Waals surface area contributed by atoms with Crippen molar-refractivity contribution >= 4 is 11.8 Å². The van der Waals surface area contributed by atoms with Gasteiger partial charge in [-0.05, 0) is 73.3 Å². The molecular formula is C22H28F2S. The van der Waals surface area contributed by atoms with Crippen LogP contribution in [0.2, 0.25) is 0 Å². The maximum atomic E-state index is 13.5. The Balaban J connectivity index is 1.40. The summed E-state index contributed by atoms with van der Waals surface area (Å²) in [6, 6.07) is 14.1.